The maximum atomic E-state index is 5.76. The lowest BCUT2D eigenvalue weighted by Gasteiger charge is -1.98. The minimum absolute atomic E-state index is 0.00610. The molecule has 2 aromatic heterocycles. The van der Waals surface area contributed by atoms with Gasteiger partial charge in [0.05, 0.1) is 5.69 Å². The fourth-order valence-electron chi connectivity index (χ4n) is 1.22. The second-order valence-corrected chi connectivity index (χ2v) is 4.41. The highest BCUT2D eigenvalue weighted by molar-refractivity contribution is 7.13. The van der Waals surface area contributed by atoms with E-state index in [4.69, 9.17) is 5.73 Å². The molecule has 0 aliphatic rings. The smallest absolute Gasteiger partial charge is 0.125 e. The van der Waals surface area contributed by atoms with Crippen molar-refractivity contribution in [3.8, 4) is 10.6 Å². The lowest BCUT2D eigenvalue weighted by Crippen LogP contribution is -2.04. The second-order valence-electron chi connectivity index (χ2n) is 3.55. The van der Waals surface area contributed by atoms with Crippen LogP contribution in [-0.2, 0) is 0 Å². The van der Waals surface area contributed by atoms with Gasteiger partial charge in [-0.3, -0.25) is 4.98 Å². The molecule has 0 aromatic carbocycles. The summed E-state index contributed by atoms with van der Waals surface area (Å²) in [6.45, 7) is 3.91. The summed E-state index contributed by atoms with van der Waals surface area (Å²) in [6, 6.07) is 4.02. The van der Waals surface area contributed by atoms with Crippen molar-refractivity contribution < 1.29 is 0 Å². The van der Waals surface area contributed by atoms with Crippen molar-refractivity contribution in [1.29, 1.82) is 0 Å². The molecule has 0 saturated carbocycles. The van der Waals surface area contributed by atoms with Crippen LogP contribution < -0.4 is 5.73 Å². The first-order valence-corrected chi connectivity index (χ1v) is 5.69. The molecule has 4 heteroatoms. The molecular formula is C11H13N3S. The van der Waals surface area contributed by atoms with E-state index in [0.29, 0.717) is 0 Å². The van der Waals surface area contributed by atoms with E-state index in [-0.39, 0.29) is 6.04 Å². The molecule has 15 heavy (non-hydrogen) atoms. The third-order valence-electron chi connectivity index (χ3n) is 2.15. The van der Waals surface area contributed by atoms with E-state index in [9.17, 15) is 0 Å². The predicted molar refractivity (Wildman–Crippen MR) is 62.7 cm³/mol. The summed E-state index contributed by atoms with van der Waals surface area (Å²) >= 11 is 1.61. The number of aromatic nitrogens is 2. The molecule has 0 amide bonds. The summed E-state index contributed by atoms with van der Waals surface area (Å²) in [5.74, 6) is 0. The van der Waals surface area contributed by atoms with E-state index in [0.717, 1.165) is 22.0 Å². The van der Waals surface area contributed by atoms with Crippen molar-refractivity contribution in [2.24, 2.45) is 5.73 Å². The molecule has 0 fully saturated rings. The van der Waals surface area contributed by atoms with Crippen LogP contribution in [0.3, 0.4) is 0 Å². The van der Waals surface area contributed by atoms with Crippen LogP contribution in [0.15, 0.2) is 23.7 Å². The number of aryl methyl sites for hydroxylation is 1. The van der Waals surface area contributed by atoms with Gasteiger partial charge in [0.1, 0.15) is 5.01 Å². The van der Waals surface area contributed by atoms with Gasteiger partial charge in [0.2, 0.25) is 0 Å². The van der Waals surface area contributed by atoms with Gasteiger partial charge in [-0.15, -0.1) is 11.3 Å². The number of pyridine rings is 1. The molecule has 2 N–H and O–H groups in total. The molecule has 1 atom stereocenters. The van der Waals surface area contributed by atoms with Gasteiger partial charge in [0.25, 0.3) is 0 Å². The fourth-order valence-corrected chi connectivity index (χ4v) is 2.14. The molecule has 3 nitrogen and oxygen atoms in total. The van der Waals surface area contributed by atoms with E-state index in [2.05, 4.69) is 9.97 Å². The number of nitrogens with two attached hydrogens (primary N) is 1. The first-order chi connectivity index (χ1) is 7.16. The van der Waals surface area contributed by atoms with Crippen molar-refractivity contribution in [2.75, 3.05) is 0 Å². The fraction of sp³-hybridized carbons (Fsp3) is 0.273. The molecule has 0 aliphatic heterocycles. The van der Waals surface area contributed by atoms with Crippen molar-refractivity contribution in [2.45, 2.75) is 19.9 Å². The van der Waals surface area contributed by atoms with Gasteiger partial charge < -0.3 is 5.73 Å². The molecule has 2 heterocycles. The van der Waals surface area contributed by atoms with Gasteiger partial charge in [-0.05, 0) is 26.0 Å². The van der Waals surface area contributed by atoms with Gasteiger partial charge in [-0.1, -0.05) is 0 Å². The molecular weight excluding hydrogens is 206 g/mol. The third kappa shape index (κ3) is 2.22. The highest BCUT2D eigenvalue weighted by Gasteiger charge is 2.07. The Kier molecular flexibility index (Phi) is 2.79. The van der Waals surface area contributed by atoms with Crippen LogP contribution in [-0.4, -0.2) is 9.97 Å². The largest absolute Gasteiger partial charge is 0.323 e. The van der Waals surface area contributed by atoms with E-state index in [1.165, 1.54) is 0 Å². The average Bonchev–Trinajstić information content (AvgIpc) is 2.68. The molecule has 0 bridgehead atoms. The Balaban J connectivity index is 2.33. The monoisotopic (exact) mass is 219 g/mol. The van der Waals surface area contributed by atoms with E-state index in [1.54, 1.807) is 11.3 Å². The van der Waals surface area contributed by atoms with Crippen LogP contribution in [0.25, 0.3) is 10.6 Å². The summed E-state index contributed by atoms with van der Waals surface area (Å²) in [4.78, 5) is 8.71. The summed E-state index contributed by atoms with van der Waals surface area (Å²) < 4.78 is 0. The molecule has 0 aliphatic carbocycles. The summed E-state index contributed by atoms with van der Waals surface area (Å²) in [7, 11) is 0. The van der Waals surface area contributed by atoms with Crippen molar-refractivity contribution in [3.05, 3.63) is 35.1 Å². The minimum atomic E-state index is -0.00610. The molecule has 0 spiro atoms. The normalized spacial score (nSPS) is 12.7. The average molecular weight is 219 g/mol. The first kappa shape index (κ1) is 10.3. The Morgan fingerprint density at radius 3 is 2.73 bits per heavy atom. The van der Waals surface area contributed by atoms with Gasteiger partial charge in [0, 0.05) is 28.9 Å². The van der Waals surface area contributed by atoms with Crippen LogP contribution in [0.5, 0.6) is 0 Å². The van der Waals surface area contributed by atoms with Crippen LogP contribution in [0.4, 0.5) is 0 Å². The molecule has 78 valence electrons. The van der Waals surface area contributed by atoms with Gasteiger partial charge in [-0.25, -0.2) is 4.98 Å². The van der Waals surface area contributed by atoms with Crippen molar-refractivity contribution in [1.82, 2.24) is 9.97 Å². The molecule has 0 saturated heterocycles. The zero-order valence-electron chi connectivity index (χ0n) is 8.77. The summed E-state index contributed by atoms with van der Waals surface area (Å²) in [6.07, 6.45) is 1.85. The number of rotatable bonds is 2. The van der Waals surface area contributed by atoms with Gasteiger partial charge in [-0.2, -0.15) is 0 Å². The molecule has 1 unspecified atom stereocenters. The Morgan fingerprint density at radius 1 is 1.40 bits per heavy atom. The van der Waals surface area contributed by atoms with Gasteiger partial charge in [0.15, 0.2) is 0 Å². The Bertz CT molecular complexity index is 445. The van der Waals surface area contributed by atoms with Crippen molar-refractivity contribution >= 4 is 11.3 Å². The topological polar surface area (TPSA) is 51.8 Å². The lowest BCUT2D eigenvalue weighted by atomic mass is 10.2. The Morgan fingerprint density at radius 2 is 2.20 bits per heavy atom. The zero-order valence-corrected chi connectivity index (χ0v) is 9.58. The van der Waals surface area contributed by atoms with Crippen LogP contribution in [0.2, 0.25) is 0 Å². The third-order valence-corrected chi connectivity index (χ3v) is 3.06. The second kappa shape index (κ2) is 4.08. The zero-order chi connectivity index (χ0) is 10.8. The summed E-state index contributed by atoms with van der Waals surface area (Å²) in [5, 5.41) is 2.98. The van der Waals surface area contributed by atoms with Crippen molar-refractivity contribution in [3.63, 3.8) is 0 Å². The molecule has 2 aromatic rings. The quantitative estimate of drug-likeness (QED) is 0.844. The van der Waals surface area contributed by atoms with Crippen LogP contribution in [0.1, 0.15) is 24.4 Å². The van der Waals surface area contributed by atoms with Gasteiger partial charge >= 0.3 is 0 Å². The number of hydrogen-bond acceptors (Lipinski definition) is 4. The Labute approximate surface area is 93.0 Å². The van der Waals surface area contributed by atoms with E-state index >= 15 is 0 Å². The predicted octanol–water partition coefficient (Wildman–Crippen LogP) is 2.53. The maximum Gasteiger partial charge on any atom is 0.125 e. The SMILES string of the molecule is Cc1ccc(-c2nc(C(C)N)cs2)cn1. The molecule has 0 radical (unpaired) electrons. The summed E-state index contributed by atoms with van der Waals surface area (Å²) in [5.41, 5.74) is 8.77. The number of hydrogen-bond donors (Lipinski definition) is 1. The first-order valence-electron chi connectivity index (χ1n) is 4.81. The van der Waals surface area contributed by atoms with E-state index < -0.39 is 0 Å². The standard InChI is InChI=1S/C11H13N3S/c1-7-3-4-9(5-13-7)11-14-10(6-15-11)8(2)12/h3-6,8H,12H2,1-2H3. The van der Waals surface area contributed by atoms with Crippen LogP contribution >= 0.6 is 11.3 Å². The minimum Gasteiger partial charge on any atom is -0.323 e. The highest BCUT2D eigenvalue weighted by Crippen LogP contribution is 2.24. The molecule has 2 rings (SSSR count). The lowest BCUT2D eigenvalue weighted by molar-refractivity contribution is 0.790. The number of nitrogens with zero attached hydrogens (tertiary/aromatic N) is 2. The van der Waals surface area contributed by atoms with E-state index in [1.807, 2.05) is 37.6 Å². The highest BCUT2D eigenvalue weighted by atomic mass is 32.1. The maximum absolute atomic E-state index is 5.76. The number of thiazole rings is 1. The Hall–Kier alpha value is -1.26. The van der Waals surface area contributed by atoms with Crippen LogP contribution in [0, 0.1) is 6.92 Å².